The molecule has 1 saturated heterocycles. The quantitative estimate of drug-likeness (QED) is 0.780. The van der Waals surface area contributed by atoms with Crippen LogP contribution in [0.15, 0.2) is 24.3 Å². The normalized spacial score (nSPS) is 15.7. The van der Waals surface area contributed by atoms with E-state index in [1.807, 2.05) is 0 Å². The molecule has 0 aliphatic carbocycles. The first-order valence-corrected chi connectivity index (χ1v) is 6.19. The Bertz CT molecular complexity index is 575. The second-order valence-corrected chi connectivity index (χ2v) is 4.97. The molecule has 0 spiro atoms. The van der Waals surface area contributed by atoms with E-state index in [0.29, 0.717) is 18.0 Å². The molecular weight excluding hydrogens is 241 g/mol. The van der Waals surface area contributed by atoms with Crippen molar-refractivity contribution in [2.45, 2.75) is 6.42 Å². The Morgan fingerprint density at radius 3 is 3.06 bits per heavy atom. The van der Waals surface area contributed by atoms with E-state index >= 15 is 0 Å². The molecule has 1 fully saturated rings. The van der Waals surface area contributed by atoms with Crippen LogP contribution in [0.5, 0.6) is 0 Å². The Labute approximate surface area is 101 Å². The molecule has 0 saturated carbocycles. The van der Waals surface area contributed by atoms with E-state index in [0.717, 1.165) is 16.5 Å². The van der Waals surface area contributed by atoms with Crippen molar-refractivity contribution < 1.29 is 14.0 Å². The van der Waals surface area contributed by atoms with Gasteiger partial charge in [-0.05, 0) is 36.1 Å². The maximum absolute atomic E-state index is 13.0. The Morgan fingerprint density at radius 1 is 1.41 bits per heavy atom. The van der Waals surface area contributed by atoms with E-state index in [2.05, 4.69) is 0 Å². The Hall–Kier alpha value is -1.46. The highest BCUT2D eigenvalue weighted by molar-refractivity contribution is 7.20. The highest BCUT2D eigenvalue weighted by Crippen LogP contribution is 2.27. The standard InChI is InChI=1S/C12H10FNO2S/c13-9-2-3-10-8(6-9)7-11(17-10)12(15)14-4-1-5-16-14/h2-3,6-7H,1,4-5H2. The molecule has 2 heterocycles. The smallest absolute Gasteiger partial charge is 0.271 e. The predicted octanol–water partition coefficient (Wildman–Crippen LogP) is 2.82. The average molecular weight is 251 g/mol. The van der Waals surface area contributed by atoms with Gasteiger partial charge in [-0.1, -0.05) is 0 Å². The second-order valence-electron chi connectivity index (χ2n) is 3.89. The molecule has 0 N–H and O–H groups in total. The summed E-state index contributed by atoms with van der Waals surface area (Å²) in [5.74, 6) is -0.421. The summed E-state index contributed by atoms with van der Waals surface area (Å²) in [5.41, 5.74) is 0. The van der Waals surface area contributed by atoms with Gasteiger partial charge in [0, 0.05) is 4.70 Å². The highest BCUT2D eigenvalue weighted by Gasteiger charge is 2.22. The SMILES string of the molecule is O=C(c1cc2cc(F)ccc2s1)N1CCCO1. The molecule has 5 heteroatoms. The van der Waals surface area contributed by atoms with Crippen LogP contribution in [0.1, 0.15) is 16.1 Å². The fourth-order valence-electron chi connectivity index (χ4n) is 1.85. The van der Waals surface area contributed by atoms with Crippen molar-refractivity contribution in [1.29, 1.82) is 0 Å². The maximum Gasteiger partial charge on any atom is 0.287 e. The number of hydrogen-bond donors (Lipinski definition) is 0. The van der Waals surface area contributed by atoms with E-state index in [4.69, 9.17) is 4.84 Å². The molecule has 0 atom stereocenters. The summed E-state index contributed by atoms with van der Waals surface area (Å²) in [6, 6.07) is 6.25. The Balaban J connectivity index is 1.97. The molecule has 3 nitrogen and oxygen atoms in total. The van der Waals surface area contributed by atoms with Crippen LogP contribution in [0.25, 0.3) is 10.1 Å². The molecule has 1 aromatic heterocycles. The number of fused-ring (bicyclic) bond motifs is 1. The maximum atomic E-state index is 13.0. The van der Waals surface area contributed by atoms with Gasteiger partial charge in [0.1, 0.15) is 5.82 Å². The van der Waals surface area contributed by atoms with E-state index in [9.17, 15) is 9.18 Å². The van der Waals surface area contributed by atoms with E-state index in [1.165, 1.54) is 28.5 Å². The van der Waals surface area contributed by atoms with E-state index < -0.39 is 0 Å². The van der Waals surface area contributed by atoms with Crippen LogP contribution in [-0.2, 0) is 4.84 Å². The van der Waals surface area contributed by atoms with Crippen LogP contribution in [-0.4, -0.2) is 24.1 Å². The summed E-state index contributed by atoms with van der Waals surface area (Å²) >= 11 is 1.36. The summed E-state index contributed by atoms with van der Waals surface area (Å²) < 4.78 is 13.9. The monoisotopic (exact) mass is 251 g/mol. The van der Waals surface area contributed by atoms with Gasteiger partial charge in [-0.15, -0.1) is 11.3 Å². The average Bonchev–Trinajstić information content (AvgIpc) is 2.96. The van der Waals surface area contributed by atoms with E-state index in [-0.39, 0.29) is 11.7 Å². The first-order valence-electron chi connectivity index (χ1n) is 5.38. The van der Waals surface area contributed by atoms with Crippen LogP contribution in [0.3, 0.4) is 0 Å². The Morgan fingerprint density at radius 2 is 2.29 bits per heavy atom. The van der Waals surface area contributed by atoms with Gasteiger partial charge in [0.05, 0.1) is 18.0 Å². The molecule has 17 heavy (non-hydrogen) atoms. The molecule has 1 aliphatic rings. The van der Waals surface area contributed by atoms with Crippen LogP contribution in [0, 0.1) is 5.82 Å². The first-order chi connectivity index (χ1) is 8.24. The van der Waals surface area contributed by atoms with E-state index in [1.54, 1.807) is 12.1 Å². The van der Waals surface area contributed by atoms with Gasteiger partial charge < -0.3 is 0 Å². The number of thiophene rings is 1. The molecule has 1 aromatic carbocycles. The molecule has 0 radical (unpaired) electrons. The van der Waals surface area contributed by atoms with Crippen LogP contribution in [0.2, 0.25) is 0 Å². The first kappa shape index (κ1) is 10.7. The zero-order valence-corrected chi connectivity index (χ0v) is 9.80. The lowest BCUT2D eigenvalue weighted by atomic mass is 10.2. The zero-order chi connectivity index (χ0) is 11.8. The molecule has 88 valence electrons. The van der Waals surface area contributed by atoms with Gasteiger partial charge in [-0.25, -0.2) is 9.45 Å². The molecule has 3 rings (SSSR count). The van der Waals surface area contributed by atoms with Crippen LogP contribution >= 0.6 is 11.3 Å². The fraction of sp³-hybridized carbons (Fsp3) is 0.250. The van der Waals surface area contributed by atoms with Crippen molar-refractivity contribution >= 4 is 27.3 Å². The van der Waals surface area contributed by atoms with Crippen molar-refractivity contribution in [2.24, 2.45) is 0 Å². The molecule has 0 unspecified atom stereocenters. The van der Waals surface area contributed by atoms with Crippen molar-refractivity contribution in [1.82, 2.24) is 5.06 Å². The van der Waals surface area contributed by atoms with Crippen molar-refractivity contribution in [3.8, 4) is 0 Å². The number of amides is 1. The third-order valence-electron chi connectivity index (χ3n) is 2.67. The highest BCUT2D eigenvalue weighted by atomic mass is 32.1. The number of nitrogens with zero attached hydrogens (tertiary/aromatic N) is 1. The number of rotatable bonds is 1. The van der Waals surface area contributed by atoms with Gasteiger partial charge in [0.2, 0.25) is 0 Å². The number of benzene rings is 1. The summed E-state index contributed by atoms with van der Waals surface area (Å²) in [4.78, 5) is 17.8. The number of hydroxylamine groups is 2. The van der Waals surface area contributed by atoms with Crippen LogP contribution < -0.4 is 0 Å². The predicted molar refractivity (Wildman–Crippen MR) is 63.4 cm³/mol. The lowest BCUT2D eigenvalue weighted by molar-refractivity contribution is -0.0765. The van der Waals surface area contributed by atoms with Gasteiger partial charge in [-0.3, -0.25) is 9.63 Å². The number of carbonyl (C=O) groups excluding carboxylic acids is 1. The number of halogens is 1. The van der Waals surface area contributed by atoms with Gasteiger partial charge >= 0.3 is 0 Å². The van der Waals surface area contributed by atoms with Crippen molar-refractivity contribution in [3.05, 3.63) is 35.0 Å². The molecular formula is C12H10FNO2S. The minimum atomic E-state index is -0.285. The van der Waals surface area contributed by atoms with Gasteiger partial charge in [0.25, 0.3) is 5.91 Å². The fourth-order valence-corrected chi connectivity index (χ4v) is 2.83. The minimum Gasteiger partial charge on any atom is -0.271 e. The second kappa shape index (κ2) is 4.09. The topological polar surface area (TPSA) is 29.5 Å². The number of hydrogen-bond acceptors (Lipinski definition) is 3. The zero-order valence-electron chi connectivity index (χ0n) is 8.98. The Kier molecular flexibility index (Phi) is 2.57. The third-order valence-corrected chi connectivity index (χ3v) is 3.77. The summed E-state index contributed by atoms with van der Waals surface area (Å²) in [7, 11) is 0. The summed E-state index contributed by atoms with van der Waals surface area (Å²) in [6.45, 7) is 1.21. The van der Waals surface area contributed by atoms with Gasteiger partial charge in [0.15, 0.2) is 0 Å². The largest absolute Gasteiger partial charge is 0.287 e. The molecule has 1 aliphatic heterocycles. The molecule has 2 aromatic rings. The number of carbonyl (C=O) groups is 1. The lowest BCUT2D eigenvalue weighted by Crippen LogP contribution is -2.25. The van der Waals surface area contributed by atoms with Crippen molar-refractivity contribution in [2.75, 3.05) is 13.2 Å². The molecule has 1 amide bonds. The summed E-state index contributed by atoms with van der Waals surface area (Å²) in [5, 5.41) is 2.14. The molecule has 0 bridgehead atoms. The van der Waals surface area contributed by atoms with Crippen LogP contribution in [0.4, 0.5) is 4.39 Å². The van der Waals surface area contributed by atoms with Gasteiger partial charge in [-0.2, -0.15) is 0 Å². The lowest BCUT2D eigenvalue weighted by Gasteiger charge is -2.11. The third kappa shape index (κ3) is 1.92. The minimum absolute atomic E-state index is 0.135. The summed E-state index contributed by atoms with van der Waals surface area (Å²) in [6.07, 6.45) is 0.866. The van der Waals surface area contributed by atoms with Crippen molar-refractivity contribution in [3.63, 3.8) is 0 Å².